The van der Waals surface area contributed by atoms with Crippen LogP contribution in [0.25, 0.3) is 22.4 Å². The molecule has 6 rings (SSSR count). The molecule has 1 unspecified atom stereocenters. The van der Waals surface area contributed by atoms with Gasteiger partial charge in [-0.25, -0.2) is 4.98 Å². The summed E-state index contributed by atoms with van der Waals surface area (Å²) in [6.07, 6.45) is 2.67. The number of fused-ring (bicyclic) bond motifs is 2. The number of halogens is 1. The average molecular weight is 716 g/mol. The molecule has 264 valence electrons. The van der Waals surface area contributed by atoms with E-state index in [1.165, 1.54) is 5.56 Å². The largest absolute Gasteiger partial charge is 0.456 e. The summed E-state index contributed by atoms with van der Waals surface area (Å²) < 4.78 is 34.0. The van der Waals surface area contributed by atoms with Crippen molar-refractivity contribution in [2.45, 2.75) is 133 Å². The van der Waals surface area contributed by atoms with Crippen LogP contribution >= 0.6 is 11.6 Å². The molecule has 3 fully saturated rings. The molecule has 0 amide bonds. The van der Waals surface area contributed by atoms with E-state index >= 15 is 0 Å². The van der Waals surface area contributed by atoms with E-state index in [1.54, 1.807) is 0 Å². The molecule has 2 saturated heterocycles. The van der Waals surface area contributed by atoms with Crippen LogP contribution in [0.15, 0.2) is 30.3 Å². The lowest BCUT2D eigenvalue weighted by atomic mass is 9.82. The summed E-state index contributed by atoms with van der Waals surface area (Å²) in [5.41, 5.74) is 4.23. The Morgan fingerprint density at radius 3 is 2.23 bits per heavy atom. The van der Waals surface area contributed by atoms with Crippen LogP contribution in [0.2, 0.25) is 48.8 Å². The number of pyridine rings is 1. The molecule has 9 nitrogen and oxygen atoms in total. The predicted molar refractivity (Wildman–Crippen MR) is 195 cm³/mol. The number of aromatic nitrogens is 3. The molecular formula is C36H54ClN3O6Si2. The zero-order valence-corrected chi connectivity index (χ0v) is 32.7. The summed E-state index contributed by atoms with van der Waals surface area (Å²) in [5.74, 6) is 0.472. The first-order valence-corrected chi connectivity index (χ1v) is 24.6. The highest BCUT2D eigenvalue weighted by Crippen LogP contribution is 2.41. The average Bonchev–Trinajstić information content (AvgIpc) is 3.69. The molecule has 1 N–H and O–H groups in total. The molecule has 2 aromatic heterocycles. The Labute approximate surface area is 292 Å². The number of nitrogens with zero attached hydrogens (tertiary/aromatic N) is 3. The molecular weight excluding hydrogens is 662 g/mol. The normalized spacial score (nSPS) is 26.7. The zero-order valence-electron chi connectivity index (χ0n) is 29.9. The Morgan fingerprint density at radius 2 is 1.58 bits per heavy atom. The van der Waals surface area contributed by atoms with Crippen LogP contribution in [-0.2, 0) is 25.4 Å². The van der Waals surface area contributed by atoms with Gasteiger partial charge in [-0.15, -0.1) is 0 Å². The minimum atomic E-state index is -2.00. The maximum Gasteiger partial charge on any atom is 0.301 e. The minimum absolute atomic E-state index is 0.0922. The second-order valence-electron chi connectivity index (χ2n) is 16.6. The number of hydrogen-bond acceptors (Lipinski definition) is 8. The number of aliphatic hydroxyl groups is 1. The van der Waals surface area contributed by atoms with E-state index in [2.05, 4.69) is 77.8 Å². The smallest absolute Gasteiger partial charge is 0.301 e. The fraction of sp³-hybridized carbons (Fsp3) is 0.667. The third kappa shape index (κ3) is 7.88. The van der Waals surface area contributed by atoms with Gasteiger partial charge < -0.3 is 28.5 Å². The second kappa shape index (κ2) is 14.1. The standard InChI is InChI=1S/C36H54ClN3O6Si2/c1-36(2,3)48(7,8)46-30-21-44-32-29(20-43-33(30)32)45-35-38-28-19-27(37)31(39-34(28)40(35)22-42-17-18-47(4,5)6)25-11-9-23(10-12-25)24-13-15-26(41)16-14-24/h9-12,19,24,26,29-30,32-33,41H,13-18,20-22H2,1-8H3/t24?,26?,29-,30?,32-,33-/m1/s1. The Morgan fingerprint density at radius 1 is 0.938 bits per heavy atom. The van der Waals surface area contributed by atoms with Gasteiger partial charge in [-0.3, -0.25) is 4.57 Å². The van der Waals surface area contributed by atoms with Gasteiger partial charge in [0.25, 0.3) is 0 Å². The van der Waals surface area contributed by atoms with Crippen LogP contribution in [0, 0.1) is 0 Å². The van der Waals surface area contributed by atoms with Crippen molar-refractivity contribution in [3.63, 3.8) is 0 Å². The van der Waals surface area contributed by atoms with Gasteiger partial charge in [0.15, 0.2) is 20.1 Å². The molecule has 2 aliphatic heterocycles. The van der Waals surface area contributed by atoms with Crippen molar-refractivity contribution in [2.75, 3.05) is 19.8 Å². The number of rotatable bonds is 11. The molecule has 48 heavy (non-hydrogen) atoms. The number of imidazole rings is 1. The molecule has 1 aromatic carbocycles. The molecule has 0 bridgehead atoms. The molecule has 1 aliphatic carbocycles. The quantitative estimate of drug-likeness (QED) is 0.158. The molecule has 12 heteroatoms. The van der Waals surface area contributed by atoms with Crippen LogP contribution < -0.4 is 4.74 Å². The fourth-order valence-corrected chi connectivity index (χ4v) is 8.92. The number of aliphatic hydroxyl groups excluding tert-OH is 1. The van der Waals surface area contributed by atoms with Crippen molar-refractivity contribution in [1.82, 2.24) is 14.5 Å². The maximum atomic E-state index is 9.94. The van der Waals surface area contributed by atoms with E-state index in [1.807, 2.05) is 10.6 Å². The number of benzene rings is 1. The van der Waals surface area contributed by atoms with Crippen LogP contribution in [0.3, 0.4) is 0 Å². The Kier molecular flexibility index (Phi) is 10.5. The summed E-state index contributed by atoms with van der Waals surface area (Å²) in [7, 11) is -3.28. The highest BCUT2D eigenvalue weighted by molar-refractivity contribution is 6.76. The van der Waals surface area contributed by atoms with Crippen molar-refractivity contribution in [2.24, 2.45) is 0 Å². The fourth-order valence-electron chi connectivity index (χ4n) is 6.59. The summed E-state index contributed by atoms with van der Waals surface area (Å²) in [4.78, 5) is 9.94. The monoisotopic (exact) mass is 715 g/mol. The molecule has 1 saturated carbocycles. The van der Waals surface area contributed by atoms with Gasteiger partial charge in [0.2, 0.25) is 0 Å². The van der Waals surface area contributed by atoms with Gasteiger partial charge in [-0.2, -0.15) is 4.98 Å². The molecule has 3 aliphatic rings. The number of hydrogen-bond donors (Lipinski definition) is 1. The third-order valence-corrected chi connectivity index (χ3v) is 17.2. The van der Waals surface area contributed by atoms with Crippen LogP contribution in [-0.4, -0.2) is 86.4 Å². The Bertz CT molecular complexity index is 1560. The van der Waals surface area contributed by atoms with E-state index in [0.717, 1.165) is 37.3 Å². The van der Waals surface area contributed by atoms with Gasteiger partial charge in [0.05, 0.1) is 36.1 Å². The van der Waals surface area contributed by atoms with Crippen molar-refractivity contribution in [1.29, 1.82) is 0 Å². The first kappa shape index (κ1) is 36.0. The summed E-state index contributed by atoms with van der Waals surface area (Å²) in [6.45, 7) is 20.1. The van der Waals surface area contributed by atoms with Gasteiger partial charge in [-0.05, 0) is 67.4 Å². The highest BCUT2D eigenvalue weighted by Gasteiger charge is 2.52. The van der Waals surface area contributed by atoms with Crippen LogP contribution in [0.4, 0.5) is 0 Å². The van der Waals surface area contributed by atoms with E-state index < -0.39 is 16.4 Å². The first-order chi connectivity index (χ1) is 22.6. The van der Waals surface area contributed by atoms with Gasteiger partial charge in [0.1, 0.15) is 24.5 Å². The van der Waals surface area contributed by atoms with E-state index in [-0.39, 0.29) is 42.3 Å². The second-order valence-corrected chi connectivity index (χ2v) is 27.4. The van der Waals surface area contributed by atoms with Gasteiger partial charge in [0, 0.05) is 20.2 Å². The van der Waals surface area contributed by atoms with Crippen molar-refractivity contribution < 1.29 is 28.5 Å². The highest BCUT2D eigenvalue weighted by atomic mass is 35.5. The topological polar surface area (TPSA) is 97.1 Å². The van der Waals surface area contributed by atoms with E-state index in [9.17, 15) is 5.11 Å². The summed E-state index contributed by atoms with van der Waals surface area (Å²) in [5, 5.41) is 10.6. The molecule has 0 radical (unpaired) electrons. The van der Waals surface area contributed by atoms with Crippen LogP contribution in [0.1, 0.15) is 57.9 Å². The molecule has 4 atom stereocenters. The van der Waals surface area contributed by atoms with Crippen molar-refractivity contribution >= 4 is 39.2 Å². The van der Waals surface area contributed by atoms with Gasteiger partial charge in [-0.1, -0.05) is 76.3 Å². The Hall–Kier alpha value is -1.84. The SMILES string of the molecule is CC(C)(C)[Si](C)(C)OC1CO[C@H]2[C@@H]1OC[C@H]2Oc1nc2cc(Cl)c(-c3ccc(C4CCC(O)CC4)cc3)nc2n1COCC[Si](C)(C)C. The molecule has 4 heterocycles. The first-order valence-electron chi connectivity index (χ1n) is 17.6. The van der Waals surface area contributed by atoms with Crippen molar-refractivity contribution in [3.8, 4) is 17.3 Å². The maximum absolute atomic E-state index is 9.94. The summed E-state index contributed by atoms with van der Waals surface area (Å²) >= 11 is 6.87. The van der Waals surface area contributed by atoms with E-state index in [0.29, 0.717) is 53.6 Å². The van der Waals surface area contributed by atoms with Crippen molar-refractivity contribution in [3.05, 3.63) is 40.9 Å². The number of ether oxygens (including phenoxy) is 4. The molecule has 3 aromatic rings. The van der Waals surface area contributed by atoms with Crippen LogP contribution in [0.5, 0.6) is 6.01 Å². The lowest BCUT2D eigenvalue weighted by Gasteiger charge is -2.39. The van der Waals surface area contributed by atoms with Gasteiger partial charge >= 0.3 is 6.01 Å². The summed E-state index contributed by atoms with van der Waals surface area (Å²) in [6, 6.07) is 11.9. The lowest BCUT2D eigenvalue weighted by Crippen LogP contribution is -2.47. The lowest BCUT2D eigenvalue weighted by molar-refractivity contribution is 0.00687. The Balaban J connectivity index is 1.24. The predicted octanol–water partition coefficient (Wildman–Crippen LogP) is 8.02. The molecule has 0 spiro atoms. The minimum Gasteiger partial charge on any atom is -0.456 e. The third-order valence-electron chi connectivity index (χ3n) is 10.7. The van der Waals surface area contributed by atoms with E-state index in [4.69, 9.17) is 44.9 Å². The zero-order chi connectivity index (χ0) is 34.4.